The van der Waals surface area contributed by atoms with Crippen molar-refractivity contribution in [2.24, 2.45) is 23.7 Å². The van der Waals surface area contributed by atoms with E-state index in [1.165, 1.54) is 174 Å². The number of amides is 4. The lowest BCUT2D eigenvalue weighted by molar-refractivity contribution is -0.124. The molecule has 11 aromatic rings. The maximum Gasteiger partial charge on any atom is 0.261 e. The molecule has 10 heterocycles. The Labute approximate surface area is 850 Å². The molecule has 0 fully saturated rings. The van der Waals surface area contributed by atoms with E-state index < -0.39 is 10.8 Å². The summed E-state index contributed by atoms with van der Waals surface area (Å²) in [6, 6.07) is 67.8. The molecule has 0 N–H and O–H groups in total. The third-order valence-corrected chi connectivity index (χ3v) is 38.2. The lowest BCUT2D eigenvalue weighted by Gasteiger charge is -2.35. The fraction of sp³-hybridized carbons (Fsp3) is 0.468. The molecule has 6 aromatic heterocycles. The van der Waals surface area contributed by atoms with Crippen LogP contribution in [0.4, 0.5) is 0 Å². The van der Waals surface area contributed by atoms with Crippen LogP contribution in [0.5, 0.6) is 0 Å². The minimum absolute atomic E-state index is 0.0402. The average Bonchev–Trinajstić information content (AvgIpc) is 1.50. The van der Waals surface area contributed by atoms with Crippen molar-refractivity contribution in [2.75, 3.05) is 26.2 Å². The van der Waals surface area contributed by atoms with Crippen molar-refractivity contribution in [2.45, 2.75) is 325 Å². The van der Waals surface area contributed by atoms with Crippen molar-refractivity contribution >= 4 is 114 Å². The largest absolute Gasteiger partial charge is 0.306 e. The van der Waals surface area contributed by atoms with Crippen molar-refractivity contribution in [3.8, 4) is 40.4 Å². The van der Waals surface area contributed by atoms with Gasteiger partial charge in [-0.1, -0.05) is 346 Å². The fourth-order valence-corrected chi connectivity index (χ4v) is 29.7. The zero-order valence-corrected chi connectivity index (χ0v) is 89.7. The van der Waals surface area contributed by atoms with Crippen LogP contribution in [0.1, 0.15) is 375 Å². The number of fused-ring (bicyclic) bond motifs is 8. The summed E-state index contributed by atoms with van der Waals surface area (Å²) in [6.07, 6.45) is 39.9. The molecule has 4 amide bonds. The van der Waals surface area contributed by atoms with Gasteiger partial charge in [-0.25, -0.2) is 0 Å². The summed E-state index contributed by atoms with van der Waals surface area (Å²) >= 11 is 10.6. The third-order valence-electron chi connectivity index (χ3n) is 31.5. The van der Waals surface area contributed by atoms with E-state index in [0.717, 1.165) is 206 Å². The summed E-state index contributed by atoms with van der Waals surface area (Å²) in [5.41, 5.74) is 22.0. The van der Waals surface area contributed by atoms with Gasteiger partial charge in [-0.3, -0.25) is 19.2 Å². The molecule has 14 heteroatoms. The molecule has 0 bridgehead atoms. The molecule has 4 aliphatic heterocycles. The zero-order chi connectivity index (χ0) is 96.1. The predicted octanol–water partition coefficient (Wildman–Crippen LogP) is 35.1. The number of carbonyl (C=O) groups is 4. The summed E-state index contributed by atoms with van der Waals surface area (Å²) < 4.78 is 0. The number of aryl methyl sites for hydroxylation is 4. The van der Waals surface area contributed by atoms with Gasteiger partial charge in [0.15, 0.2) is 0 Å². The highest BCUT2D eigenvalue weighted by molar-refractivity contribution is 7.25. The SMILES string of the molecule is CCCCCCc1ccc(C2(c3ccc(CCCCCC)cc3)c3cc4c(cc3-c3sc(-c5ccc(C6=C7C(=O)N(CC(CC)CCCC)C(c8cccs8)=C7C(=O)N6CC(CC)CCCC)s5)cc32)C(c2ccc(CCCCCC)cc2)(c2ccc(CCCCCC)cc2)c2cc(-c3ccc(C5=C6C(=O)N(CC(CC)CCCC)C(c7cccs7)=C6C(=O)N5CC(CC)CCCC)s3)sc2-4)cc1. The monoisotopic (exact) mass is 1950 g/mol. The predicted molar refractivity (Wildman–Crippen MR) is 591 cm³/mol. The molecular formula is C124H150N4O4S6. The van der Waals surface area contributed by atoms with Gasteiger partial charge in [-0.05, 0) is 250 Å². The molecule has 6 aliphatic rings. The second kappa shape index (κ2) is 46.5. The normalized spacial score (nSPS) is 16.1. The number of unbranched alkanes of at least 4 members (excludes halogenated alkanes) is 16. The number of hydrogen-bond donors (Lipinski definition) is 0. The first-order valence-electron chi connectivity index (χ1n) is 54.0. The number of benzene rings is 5. The van der Waals surface area contributed by atoms with Crippen LogP contribution in [0.25, 0.3) is 63.2 Å². The van der Waals surface area contributed by atoms with Gasteiger partial charge in [0.1, 0.15) is 0 Å². The second-order valence-electron chi connectivity index (χ2n) is 40.7. The van der Waals surface area contributed by atoms with E-state index in [0.29, 0.717) is 60.3 Å². The first kappa shape index (κ1) is 101. The summed E-state index contributed by atoms with van der Waals surface area (Å²) in [5.74, 6) is 0.974. The van der Waals surface area contributed by atoms with Gasteiger partial charge in [0.25, 0.3) is 23.6 Å². The highest BCUT2D eigenvalue weighted by atomic mass is 32.1. The van der Waals surface area contributed by atoms with Gasteiger partial charge < -0.3 is 19.6 Å². The third kappa shape index (κ3) is 19.9. The number of nitrogens with zero attached hydrogens (tertiary/aromatic N) is 4. The first-order valence-corrected chi connectivity index (χ1v) is 59.0. The van der Waals surface area contributed by atoms with Gasteiger partial charge in [-0.15, -0.1) is 68.0 Å². The van der Waals surface area contributed by atoms with Crippen LogP contribution in [0.15, 0.2) is 203 Å². The number of rotatable bonds is 54. The lowest BCUT2D eigenvalue weighted by Crippen LogP contribution is -2.34. The molecule has 4 unspecified atom stereocenters. The Balaban J connectivity index is 0.901. The van der Waals surface area contributed by atoms with E-state index in [4.69, 9.17) is 0 Å². The van der Waals surface area contributed by atoms with E-state index in [1.54, 1.807) is 45.3 Å². The molecule has 0 saturated heterocycles. The Kier molecular flexibility index (Phi) is 33.9. The van der Waals surface area contributed by atoms with E-state index >= 15 is 19.2 Å². The Bertz CT molecular complexity index is 5670. The number of thiophene rings is 6. The highest BCUT2D eigenvalue weighted by Crippen LogP contribution is 2.67. The van der Waals surface area contributed by atoms with Crippen LogP contribution in [0.3, 0.4) is 0 Å². The molecule has 138 heavy (non-hydrogen) atoms. The van der Waals surface area contributed by atoms with Gasteiger partial charge in [0.2, 0.25) is 0 Å². The quantitative estimate of drug-likeness (QED) is 0.0356. The minimum atomic E-state index is -0.801. The second-order valence-corrected chi connectivity index (χ2v) is 46.9. The lowest BCUT2D eigenvalue weighted by atomic mass is 9.65. The van der Waals surface area contributed by atoms with Crippen molar-refractivity contribution in [3.05, 3.63) is 289 Å². The molecule has 17 rings (SSSR count). The molecule has 4 atom stereocenters. The van der Waals surface area contributed by atoms with Crippen LogP contribution in [0, 0.1) is 23.7 Å². The molecule has 2 aliphatic carbocycles. The molecule has 0 spiro atoms. The first-order chi connectivity index (χ1) is 67.6. The van der Waals surface area contributed by atoms with Crippen LogP contribution in [-0.2, 0) is 55.7 Å². The topological polar surface area (TPSA) is 81.2 Å². The molecule has 0 saturated carbocycles. The highest BCUT2D eigenvalue weighted by Gasteiger charge is 2.56. The summed E-state index contributed by atoms with van der Waals surface area (Å²) in [5, 5.41) is 4.19. The van der Waals surface area contributed by atoms with Gasteiger partial charge in [0.05, 0.1) is 75.4 Å². The Morgan fingerprint density at radius 1 is 0.254 bits per heavy atom. The van der Waals surface area contributed by atoms with Crippen molar-refractivity contribution in [3.63, 3.8) is 0 Å². The smallest absolute Gasteiger partial charge is 0.261 e. The van der Waals surface area contributed by atoms with Crippen molar-refractivity contribution in [1.82, 2.24) is 19.6 Å². The Morgan fingerprint density at radius 3 is 0.761 bits per heavy atom. The van der Waals surface area contributed by atoms with Crippen LogP contribution >= 0.6 is 68.0 Å². The number of hydrogen-bond acceptors (Lipinski definition) is 10. The standard InChI is InChI=1S/C124H150N4O4S6/c1-13-25-33-37-47-87-53-61-91(62-54-87)123(92-63-55-88(56-64-92)48-38-34-26-14-2)97-75-96-98(76-95(97)117-99(123)77-107(137-117)101-69-71-105(135-101)115-111-109(119(129)127(115)81-85(23-11)45-31-19-7)113(103-51-41-73-133-103)125(121(111)131)79-83(21-9)43-29-17-5)124(93-65-57-89(58-66-93)49-39-35-27-15-3,94-67-59-90(60-68-94)50-40-36-28-16-4)100-78-108(138-118(96)100)102-70-72-106(136-102)116-112-110(120(130)128(116)82-86(24-12)46-32-20-8)114(104-52-42-74-134-104)126(122(112)132)80-84(22-10)44-30-18-6/h41-42,51-78,83-86H,13-40,43-50,79-82H2,1-12H3. The van der Waals surface area contributed by atoms with Crippen LogP contribution in [-0.4, -0.2) is 69.4 Å². The molecular weight excluding hydrogens is 1800 g/mol. The van der Waals surface area contributed by atoms with E-state index in [1.807, 2.05) is 32.5 Å². The number of carbonyl (C=O) groups excluding carboxylic acids is 4. The zero-order valence-electron chi connectivity index (χ0n) is 84.8. The molecule has 5 aromatic carbocycles. The fourth-order valence-electron chi connectivity index (χ4n) is 23.4. The van der Waals surface area contributed by atoms with E-state index in [2.05, 4.69) is 274 Å². The molecule has 726 valence electrons. The Hall–Kier alpha value is -8.86. The van der Waals surface area contributed by atoms with Crippen LogP contribution in [0.2, 0.25) is 0 Å². The minimum Gasteiger partial charge on any atom is -0.306 e. The Morgan fingerprint density at radius 2 is 0.514 bits per heavy atom. The van der Waals surface area contributed by atoms with Gasteiger partial charge in [-0.2, -0.15) is 0 Å². The van der Waals surface area contributed by atoms with E-state index in [-0.39, 0.29) is 35.5 Å². The molecule has 0 radical (unpaired) electrons. The summed E-state index contributed by atoms with van der Waals surface area (Å²) in [7, 11) is 0. The van der Waals surface area contributed by atoms with Gasteiger partial charge >= 0.3 is 0 Å². The summed E-state index contributed by atoms with van der Waals surface area (Å²) in [6.45, 7) is 29.6. The van der Waals surface area contributed by atoms with Crippen molar-refractivity contribution < 1.29 is 19.2 Å². The maximum absolute atomic E-state index is 16.1. The summed E-state index contributed by atoms with van der Waals surface area (Å²) in [4.78, 5) is 83.7. The van der Waals surface area contributed by atoms with E-state index in [9.17, 15) is 0 Å². The van der Waals surface area contributed by atoms with Gasteiger partial charge in [0, 0.05) is 55.4 Å². The average molecular weight is 1950 g/mol. The maximum atomic E-state index is 16.1. The van der Waals surface area contributed by atoms with Crippen LogP contribution < -0.4 is 0 Å². The van der Waals surface area contributed by atoms with Crippen molar-refractivity contribution in [1.29, 1.82) is 0 Å². The molecule has 8 nitrogen and oxygen atoms in total.